The Kier molecular flexibility index (Phi) is 2.94. The lowest BCUT2D eigenvalue weighted by Crippen LogP contribution is -2.23. The zero-order valence-electron chi connectivity index (χ0n) is 9.57. The molecule has 1 fully saturated rings. The summed E-state index contributed by atoms with van der Waals surface area (Å²) in [5, 5.41) is 4.47. The molecule has 1 aromatic carbocycles. The van der Waals surface area contributed by atoms with E-state index in [9.17, 15) is 0 Å². The van der Waals surface area contributed by atoms with Gasteiger partial charge in [0.1, 0.15) is 0 Å². The molecule has 0 saturated carbocycles. The third-order valence-electron chi connectivity index (χ3n) is 3.07. The molecule has 2 aromatic rings. The zero-order valence-corrected chi connectivity index (χ0v) is 10.4. The molecule has 5 heteroatoms. The van der Waals surface area contributed by atoms with Gasteiger partial charge in [0.25, 0.3) is 0 Å². The maximum absolute atomic E-state index is 5.74. The van der Waals surface area contributed by atoms with Gasteiger partial charge in [-0.2, -0.15) is 0 Å². The number of aromatic nitrogens is 2. The van der Waals surface area contributed by atoms with Crippen LogP contribution in [0.3, 0.4) is 0 Å². The molecule has 1 aromatic heterocycles. The Morgan fingerprint density at radius 1 is 1.47 bits per heavy atom. The van der Waals surface area contributed by atoms with Gasteiger partial charge in [0, 0.05) is 17.5 Å². The summed E-state index contributed by atoms with van der Waals surface area (Å²) < 4.78 is 0. The number of hydrogen-bond donors (Lipinski definition) is 3. The van der Waals surface area contributed by atoms with E-state index in [1.54, 1.807) is 11.8 Å². The standard InChI is InChI=1S/C12H16N4S/c13-8-3-4-10-11(6-8)16-12(15-10)17-7-9-2-1-5-14-9/h3-4,6,9,14H,1-2,5,7,13H2,(H,15,16). The smallest absolute Gasteiger partial charge is 0.166 e. The summed E-state index contributed by atoms with van der Waals surface area (Å²) in [5.41, 5.74) is 8.52. The average Bonchev–Trinajstić information content (AvgIpc) is 2.94. The fraction of sp³-hybridized carbons (Fsp3) is 0.417. The molecule has 1 aliphatic rings. The SMILES string of the molecule is Nc1ccc2nc(SCC3CCCN3)[nH]c2c1. The van der Waals surface area contributed by atoms with Gasteiger partial charge in [-0.25, -0.2) is 4.98 Å². The number of rotatable bonds is 3. The molecule has 4 nitrogen and oxygen atoms in total. The van der Waals surface area contributed by atoms with Crippen LogP contribution in [-0.4, -0.2) is 28.3 Å². The van der Waals surface area contributed by atoms with Gasteiger partial charge in [0.15, 0.2) is 5.16 Å². The summed E-state index contributed by atoms with van der Waals surface area (Å²) in [5.74, 6) is 1.08. The summed E-state index contributed by atoms with van der Waals surface area (Å²) in [6, 6.07) is 6.41. The number of anilines is 1. The van der Waals surface area contributed by atoms with E-state index in [1.165, 1.54) is 12.8 Å². The topological polar surface area (TPSA) is 66.7 Å². The maximum Gasteiger partial charge on any atom is 0.166 e. The fourth-order valence-electron chi connectivity index (χ4n) is 2.15. The molecule has 0 bridgehead atoms. The molecular weight excluding hydrogens is 232 g/mol. The largest absolute Gasteiger partial charge is 0.399 e. The van der Waals surface area contributed by atoms with Crippen molar-refractivity contribution in [2.24, 2.45) is 0 Å². The number of thioether (sulfide) groups is 1. The van der Waals surface area contributed by atoms with Crippen LogP contribution in [0.2, 0.25) is 0 Å². The van der Waals surface area contributed by atoms with E-state index in [0.717, 1.165) is 34.2 Å². The van der Waals surface area contributed by atoms with Crippen molar-refractivity contribution in [3.05, 3.63) is 18.2 Å². The highest BCUT2D eigenvalue weighted by Gasteiger charge is 2.14. The van der Waals surface area contributed by atoms with E-state index in [0.29, 0.717) is 6.04 Å². The Bertz CT molecular complexity index is 516. The van der Waals surface area contributed by atoms with Gasteiger partial charge in [-0.3, -0.25) is 0 Å². The van der Waals surface area contributed by atoms with Gasteiger partial charge in [0.2, 0.25) is 0 Å². The van der Waals surface area contributed by atoms with Crippen molar-refractivity contribution >= 4 is 28.5 Å². The van der Waals surface area contributed by atoms with E-state index in [1.807, 2.05) is 18.2 Å². The molecule has 0 aliphatic carbocycles. The van der Waals surface area contributed by atoms with Crippen LogP contribution < -0.4 is 11.1 Å². The van der Waals surface area contributed by atoms with Crippen LogP contribution >= 0.6 is 11.8 Å². The number of nitrogen functional groups attached to an aromatic ring is 1. The number of benzene rings is 1. The van der Waals surface area contributed by atoms with Gasteiger partial charge in [-0.05, 0) is 37.6 Å². The molecule has 90 valence electrons. The van der Waals surface area contributed by atoms with Gasteiger partial charge in [0.05, 0.1) is 11.0 Å². The van der Waals surface area contributed by atoms with Crippen LogP contribution in [0.4, 0.5) is 5.69 Å². The van der Waals surface area contributed by atoms with Crippen LogP contribution in [0.25, 0.3) is 11.0 Å². The second-order valence-corrected chi connectivity index (χ2v) is 5.43. The first-order chi connectivity index (χ1) is 8.31. The van der Waals surface area contributed by atoms with Gasteiger partial charge in [-0.15, -0.1) is 0 Å². The molecule has 1 saturated heterocycles. The molecule has 1 aliphatic heterocycles. The highest BCUT2D eigenvalue weighted by atomic mass is 32.2. The lowest BCUT2D eigenvalue weighted by Gasteiger charge is -2.06. The number of nitrogens with one attached hydrogen (secondary N) is 2. The zero-order chi connectivity index (χ0) is 11.7. The van der Waals surface area contributed by atoms with Crippen molar-refractivity contribution in [2.75, 3.05) is 18.0 Å². The Balaban J connectivity index is 1.72. The molecule has 0 spiro atoms. The van der Waals surface area contributed by atoms with Gasteiger partial charge >= 0.3 is 0 Å². The number of nitrogens with two attached hydrogens (primary N) is 1. The quantitative estimate of drug-likeness (QED) is 0.574. The minimum Gasteiger partial charge on any atom is -0.399 e. The lowest BCUT2D eigenvalue weighted by molar-refractivity contribution is 0.673. The highest BCUT2D eigenvalue weighted by molar-refractivity contribution is 7.99. The summed E-state index contributed by atoms with van der Waals surface area (Å²) in [4.78, 5) is 7.84. The van der Waals surface area contributed by atoms with E-state index >= 15 is 0 Å². The second kappa shape index (κ2) is 4.58. The van der Waals surface area contributed by atoms with Crippen molar-refractivity contribution < 1.29 is 0 Å². The highest BCUT2D eigenvalue weighted by Crippen LogP contribution is 2.23. The summed E-state index contributed by atoms with van der Waals surface area (Å²) in [7, 11) is 0. The van der Waals surface area contributed by atoms with Gasteiger partial charge < -0.3 is 16.0 Å². The Labute approximate surface area is 104 Å². The summed E-state index contributed by atoms with van der Waals surface area (Å²) in [6.07, 6.45) is 2.57. The number of fused-ring (bicyclic) bond motifs is 1. The Morgan fingerprint density at radius 3 is 3.24 bits per heavy atom. The number of H-pyrrole nitrogens is 1. The van der Waals surface area contributed by atoms with Crippen molar-refractivity contribution in [2.45, 2.75) is 24.0 Å². The van der Waals surface area contributed by atoms with Crippen LogP contribution in [0, 0.1) is 0 Å². The minimum absolute atomic E-state index is 0.637. The third kappa shape index (κ3) is 2.40. The minimum atomic E-state index is 0.637. The molecule has 17 heavy (non-hydrogen) atoms. The van der Waals surface area contributed by atoms with Crippen LogP contribution in [0.5, 0.6) is 0 Å². The lowest BCUT2D eigenvalue weighted by atomic mass is 10.3. The van der Waals surface area contributed by atoms with Crippen molar-refractivity contribution in [1.29, 1.82) is 0 Å². The predicted octanol–water partition coefficient (Wildman–Crippen LogP) is 1.99. The molecule has 0 amide bonds. The van der Waals surface area contributed by atoms with E-state index in [-0.39, 0.29) is 0 Å². The summed E-state index contributed by atoms with van der Waals surface area (Å²) in [6.45, 7) is 1.15. The van der Waals surface area contributed by atoms with Crippen LogP contribution in [0.15, 0.2) is 23.4 Å². The predicted molar refractivity (Wildman–Crippen MR) is 72.3 cm³/mol. The van der Waals surface area contributed by atoms with E-state index in [2.05, 4.69) is 15.3 Å². The van der Waals surface area contributed by atoms with Crippen LogP contribution in [0.1, 0.15) is 12.8 Å². The molecule has 3 rings (SSSR count). The van der Waals surface area contributed by atoms with E-state index < -0.39 is 0 Å². The molecule has 2 heterocycles. The Morgan fingerprint density at radius 2 is 2.41 bits per heavy atom. The first-order valence-electron chi connectivity index (χ1n) is 5.93. The summed E-state index contributed by atoms with van der Waals surface area (Å²) >= 11 is 1.78. The maximum atomic E-state index is 5.74. The van der Waals surface area contributed by atoms with E-state index in [4.69, 9.17) is 5.73 Å². The normalized spacial score (nSPS) is 20.1. The third-order valence-corrected chi connectivity index (χ3v) is 4.10. The molecule has 1 unspecified atom stereocenters. The van der Waals surface area contributed by atoms with Crippen LogP contribution in [-0.2, 0) is 0 Å². The average molecular weight is 248 g/mol. The number of nitrogens with zero attached hydrogens (tertiary/aromatic N) is 1. The molecule has 4 N–H and O–H groups in total. The van der Waals surface area contributed by atoms with Gasteiger partial charge in [-0.1, -0.05) is 11.8 Å². The fourth-order valence-corrected chi connectivity index (χ4v) is 3.14. The van der Waals surface area contributed by atoms with Crippen molar-refractivity contribution in [3.8, 4) is 0 Å². The molecule has 0 radical (unpaired) electrons. The molecule has 1 atom stereocenters. The first-order valence-corrected chi connectivity index (χ1v) is 6.91. The first kappa shape index (κ1) is 10.9. The monoisotopic (exact) mass is 248 g/mol. The Hall–Kier alpha value is -1.20. The number of hydrogen-bond acceptors (Lipinski definition) is 4. The van der Waals surface area contributed by atoms with Crippen molar-refractivity contribution in [1.82, 2.24) is 15.3 Å². The number of aromatic amines is 1. The molecular formula is C12H16N4S. The second-order valence-electron chi connectivity index (χ2n) is 4.42. The number of imidazole rings is 1. The van der Waals surface area contributed by atoms with Crippen molar-refractivity contribution in [3.63, 3.8) is 0 Å².